The number of methoxy groups -OCH3 is 1. The van der Waals surface area contributed by atoms with E-state index in [2.05, 4.69) is 33.7 Å². The van der Waals surface area contributed by atoms with Crippen LogP contribution in [0.2, 0.25) is 0 Å². The van der Waals surface area contributed by atoms with Crippen molar-refractivity contribution in [2.45, 2.75) is 19.4 Å². The van der Waals surface area contributed by atoms with E-state index in [-0.39, 0.29) is 0 Å². The van der Waals surface area contributed by atoms with Crippen LogP contribution in [-0.4, -0.2) is 35.0 Å². The summed E-state index contributed by atoms with van der Waals surface area (Å²) in [5.41, 5.74) is 3.75. The van der Waals surface area contributed by atoms with Crippen LogP contribution in [0.5, 0.6) is 0 Å². The molecule has 0 fully saturated rings. The van der Waals surface area contributed by atoms with Crippen LogP contribution in [0.3, 0.4) is 0 Å². The number of aromatic nitrogens is 3. The molecule has 0 bridgehead atoms. The number of rotatable bonds is 4. The Morgan fingerprint density at radius 1 is 1.42 bits per heavy atom. The minimum Gasteiger partial charge on any atom is -0.385 e. The summed E-state index contributed by atoms with van der Waals surface area (Å²) < 4.78 is 7.18. The highest BCUT2D eigenvalue weighted by Gasteiger charge is 2.17. The normalized spacial score (nSPS) is 13.9. The number of nitrogens with one attached hydrogen (secondary N) is 1. The molecule has 3 rings (SSSR count). The van der Waals surface area contributed by atoms with Crippen LogP contribution in [0.25, 0.3) is 11.4 Å². The van der Waals surface area contributed by atoms with Gasteiger partial charge in [-0.2, -0.15) is 0 Å². The van der Waals surface area contributed by atoms with Crippen molar-refractivity contribution < 1.29 is 4.74 Å². The molecule has 1 N–H and O–H groups in total. The van der Waals surface area contributed by atoms with Gasteiger partial charge in [0.25, 0.3) is 0 Å². The molecule has 2 aromatic rings. The lowest BCUT2D eigenvalue weighted by atomic mass is 9.97. The predicted molar refractivity (Wildman–Crippen MR) is 74.1 cm³/mol. The van der Waals surface area contributed by atoms with Crippen molar-refractivity contribution in [1.29, 1.82) is 0 Å². The Labute approximate surface area is 112 Å². The van der Waals surface area contributed by atoms with Crippen molar-refractivity contribution in [2.24, 2.45) is 0 Å². The maximum Gasteiger partial charge on any atom is 0.164 e. The third-order valence-electron chi connectivity index (χ3n) is 3.49. The smallest absolute Gasteiger partial charge is 0.164 e. The highest BCUT2D eigenvalue weighted by molar-refractivity contribution is 5.70. The lowest BCUT2D eigenvalue weighted by molar-refractivity contribution is 0.187. The highest BCUT2D eigenvalue weighted by atomic mass is 16.5. The van der Waals surface area contributed by atoms with Crippen LogP contribution in [0.4, 0.5) is 5.69 Å². The van der Waals surface area contributed by atoms with E-state index in [9.17, 15) is 0 Å². The fourth-order valence-electron chi connectivity index (χ4n) is 2.54. The monoisotopic (exact) mass is 258 g/mol. The third kappa shape index (κ3) is 2.33. The number of hydrogen-bond acceptors (Lipinski definition) is 4. The first-order valence-electron chi connectivity index (χ1n) is 6.63. The fraction of sp³-hybridized carbons (Fsp3) is 0.429. The van der Waals surface area contributed by atoms with Crippen molar-refractivity contribution in [1.82, 2.24) is 14.8 Å². The number of hydrogen-bond donors (Lipinski definition) is 1. The molecule has 0 saturated heterocycles. The van der Waals surface area contributed by atoms with E-state index in [0.717, 1.165) is 31.8 Å². The Balaban J connectivity index is 2.00. The van der Waals surface area contributed by atoms with E-state index in [4.69, 9.17) is 4.74 Å². The van der Waals surface area contributed by atoms with Gasteiger partial charge in [0.1, 0.15) is 6.33 Å². The van der Waals surface area contributed by atoms with E-state index in [0.29, 0.717) is 6.61 Å². The zero-order valence-electron chi connectivity index (χ0n) is 11.1. The first-order valence-corrected chi connectivity index (χ1v) is 6.63. The summed E-state index contributed by atoms with van der Waals surface area (Å²) in [4.78, 5) is 0. The molecule has 2 heterocycles. The molecule has 0 atom stereocenters. The van der Waals surface area contributed by atoms with E-state index in [1.54, 1.807) is 13.4 Å². The van der Waals surface area contributed by atoms with E-state index >= 15 is 0 Å². The van der Waals surface area contributed by atoms with Crippen LogP contribution >= 0.6 is 0 Å². The molecule has 1 aliphatic heterocycles. The van der Waals surface area contributed by atoms with Crippen LogP contribution in [0, 0.1) is 0 Å². The number of anilines is 1. The van der Waals surface area contributed by atoms with E-state index in [1.165, 1.54) is 16.8 Å². The maximum absolute atomic E-state index is 5.13. The number of benzene rings is 1. The number of nitrogens with zero attached hydrogens (tertiary/aromatic N) is 3. The van der Waals surface area contributed by atoms with Crippen molar-refractivity contribution >= 4 is 5.69 Å². The Hall–Kier alpha value is -1.88. The summed E-state index contributed by atoms with van der Waals surface area (Å²) in [7, 11) is 1.71. The molecule has 1 aromatic heterocycles. The second-order valence-electron chi connectivity index (χ2n) is 4.70. The molecule has 0 amide bonds. The summed E-state index contributed by atoms with van der Waals surface area (Å²) in [5, 5.41) is 11.8. The quantitative estimate of drug-likeness (QED) is 0.910. The molecule has 5 nitrogen and oxygen atoms in total. The van der Waals surface area contributed by atoms with Gasteiger partial charge in [0.2, 0.25) is 0 Å². The standard InChI is InChI=1S/C14H18N4O/c1-19-9-8-18-10-16-17-14(18)12-4-2-6-13-11(12)5-3-7-15-13/h2,4,6,10,15H,3,5,7-9H2,1H3. The van der Waals surface area contributed by atoms with Crippen LogP contribution in [0.1, 0.15) is 12.0 Å². The Morgan fingerprint density at radius 2 is 2.37 bits per heavy atom. The van der Waals surface area contributed by atoms with Gasteiger partial charge in [0.15, 0.2) is 5.82 Å². The largest absolute Gasteiger partial charge is 0.385 e. The van der Waals surface area contributed by atoms with Gasteiger partial charge in [0, 0.05) is 31.5 Å². The summed E-state index contributed by atoms with van der Waals surface area (Å²) in [6.45, 7) is 2.49. The average Bonchev–Trinajstić information content (AvgIpc) is 2.92. The zero-order valence-corrected chi connectivity index (χ0v) is 11.1. The Bertz CT molecular complexity index is 564. The third-order valence-corrected chi connectivity index (χ3v) is 3.49. The molecule has 1 aromatic carbocycles. The van der Waals surface area contributed by atoms with Crippen LogP contribution in [-0.2, 0) is 17.7 Å². The van der Waals surface area contributed by atoms with Gasteiger partial charge < -0.3 is 14.6 Å². The Kier molecular flexibility index (Phi) is 3.46. The summed E-state index contributed by atoms with van der Waals surface area (Å²) in [6.07, 6.45) is 4.02. The lowest BCUT2D eigenvalue weighted by Gasteiger charge is -2.20. The van der Waals surface area contributed by atoms with Crippen molar-refractivity contribution in [2.75, 3.05) is 25.6 Å². The van der Waals surface area contributed by atoms with E-state index in [1.807, 2.05) is 4.57 Å². The number of fused-ring (bicyclic) bond motifs is 1. The number of ether oxygens (including phenoxy) is 1. The van der Waals surface area contributed by atoms with Gasteiger partial charge in [-0.15, -0.1) is 10.2 Å². The molecule has 5 heteroatoms. The highest BCUT2D eigenvalue weighted by Crippen LogP contribution is 2.31. The molecule has 1 aliphatic rings. The van der Waals surface area contributed by atoms with Crippen LogP contribution in [0.15, 0.2) is 24.5 Å². The zero-order chi connectivity index (χ0) is 13.1. The molecule has 0 spiro atoms. The first-order chi connectivity index (χ1) is 9.40. The average molecular weight is 258 g/mol. The topological polar surface area (TPSA) is 52.0 Å². The van der Waals surface area contributed by atoms with Crippen molar-refractivity contribution in [3.05, 3.63) is 30.1 Å². The summed E-state index contributed by atoms with van der Waals surface area (Å²) >= 11 is 0. The van der Waals surface area contributed by atoms with Gasteiger partial charge in [0.05, 0.1) is 6.61 Å². The van der Waals surface area contributed by atoms with E-state index < -0.39 is 0 Å². The van der Waals surface area contributed by atoms with Gasteiger partial charge in [-0.3, -0.25) is 0 Å². The molecule has 0 unspecified atom stereocenters. The second kappa shape index (κ2) is 5.40. The molecule has 100 valence electrons. The predicted octanol–water partition coefficient (Wildman–Crippen LogP) is 1.95. The fourth-order valence-corrected chi connectivity index (χ4v) is 2.54. The molecular weight excluding hydrogens is 240 g/mol. The SMILES string of the molecule is COCCn1cnnc1-c1cccc2c1CCCN2. The second-order valence-corrected chi connectivity index (χ2v) is 4.70. The maximum atomic E-state index is 5.13. The molecule has 0 aliphatic carbocycles. The van der Waals surface area contributed by atoms with Crippen LogP contribution < -0.4 is 5.32 Å². The first kappa shape index (κ1) is 12.2. The summed E-state index contributed by atoms with van der Waals surface area (Å²) in [6, 6.07) is 6.33. The van der Waals surface area contributed by atoms with Gasteiger partial charge >= 0.3 is 0 Å². The molecule has 0 radical (unpaired) electrons. The molecule has 19 heavy (non-hydrogen) atoms. The van der Waals surface area contributed by atoms with Gasteiger partial charge in [-0.1, -0.05) is 12.1 Å². The van der Waals surface area contributed by atoms with Crippen molar-refractivity contribution in [3.8, 4) is 11.4 Å². The van der Waals surface area contributed by atoms with Gasteiger partial charge in [-0.05, 0) is 24.5 Å². The van der Waals surface area contributed by atoms with Gasteiger partial charge in [-0.25, -0.2) is 0 Å². The van der Waals surface area contributed by atoms with Crippen molar-refractivity contribution in [3.63, 3.8) is 0 Å². The minimum absolute atomic E-state index is 0.665. The summed E-state index contributed by atoms with van der Waals surface area (Å²) in [5.74, 6) is 0.928. The molecular formula is C14H18N4O. The Morgan fingerprint density at radius 3 is 3.26 bits per heavy atom. The lowest BCUT2D eigenvalue weighted by Crippen LogP contribution is -2.13. The minimum atomic E-state index is 0.665. The molecule has 0 saturated carbocycles.